The molecule has 0 aromatic heterocycles. The van der Waals surface area contributed by atoms with Gasteiger partial charge in [-0.3, -0.25) is 9.69 Å². The minimum absolute atomic E-state index is 0.00879. The summed E-state index contributed by atoms with van der Waals surface area (Å²) in [5.41, 5.74) is 5.87. The molecule has 0 radical (unpaired) electrons. The van der Waals surface area contributed by atoms with Gasteiger partial charge in [0.25, 0.3) is 5.91 Å². The fourth-order valence-corrected chi connectivity index (χ4v) is 5.57. The summed E-state index contributed by atoms with van der Waals surface area (Å²) in [5, 5.41) is 9.25. The van der Waals surface area contributed by atoms with Gasteiger partial charge in [0.2, 0.25) is 0 Å². The van der Waals surface area contributed by atoms with Crippen molar-refractivity contribution in [1.29, 1.82) is 5.26 Å². The summed E-state index contributed by atoms with van der Waals surface area (Å²) >= 11 is 0. The van der Waals surface area contributed by atoms with Gasteiger partial charge < -0.3 is 10.5 Å². The number of fused-ring (bicyclic) bond motifs is 2. The highest BCUT2D eigenvalue weighted by Crippen LogP contribution is 2.55. The number of carbonyl (C=O) groups is 1. The van der Waals surface area contributed by atoms with Crippen molar-refractivity contribution < 1.29 is 22.7 Å². The van der Waals surface area contributed by atoms with Crippen LogP contribution in [0.5, 0.6) is 5.75 Å². The smallest absolute Gasteiger partial charge is 0.391 e. The zero-order chi connectivity index (χ0) is 24.3. The lowest BCUT2D eigenvalue weighted by Gasteiger charge is -2.48. The van der Waals surface area contributed by atoms with Crippen LogP contribution >= 0.6 is 0 Å². The average molecular weight is 468 g/mol. The summed E-state index contributed by atoms with van der Waals surface area (Å²) < 4.78 is 47.2. The van der Waals surface area contributed by atoms with Crippen LogP contribution in [0, 0.1) is 17.2 Å². The molecule has 6 nitrogen and oxygen atoms in total. The maximum absolute atomic E-state index is 13.6. The van der Waals surface area contributed by atoms with Crippen molar-refractivity contribution >= 4 is 11.9 Å². The van der Waals surface area contributed by atoms with E-state index in [2.05, 4.69) is 11.1 Å². The molecule has 0 bridgehead atoms. The van der Waals surface area contributed by atoms with E-state index < -0.39 is 23.2 Å². The van der Waals surface area contributed by atoms with E-state index in [-0.39, 0.29) is 31.1 Å². The van der Waals surface area contributed by atoms with E-state index in [1.54, 1.807) is 36.4 Å². The number of nitrogens with zero attached hydrogens (tertiary/aromatic N) is 3. The third-order valence-corrected chi connectivity index (χ3v) is 7.23. The van der Waals surface area contributed by atoms with Crippen LogP contribution in [0.4, 0.5) is 13.2 Å². The molecule has 2 heterocycles. The molecule has 2 aromatic carbocycles. The third kappa shape index (κ3) is 3.40. The van der Waals surface area contributed by atoms with E-state index in [1.165, 1.54) is 11.9 Å². The average Bonchev–Trinajstić information content (AvgIpc) is 3.02. The van der Waals surface area contributed by atoms with E-state index in [9.17, 15) is 23.2 Å². The zero-order valence-electron chi connectivity index (χ0n) is 18.5. The summed E-state index contributed by atoms with van der Waals surface area (Å²) in [4.78, 5) is 19.3. The Hall–Kier alpha value is -3.54. The van der Waals surface area contributed by atoms with Crippen LogP contribution in [-0.4, -0.2) is 35.6 Å². The number of alkyl halides is 3. The topological polar surface area (TPSA) is 91.7 Å². The van der Waals surface area contributed by atoms with E-state index in [1.807, 2.05) is 6.07 Å². The Bertz CT molecular complexity index is 1250. The molecule has 1 fully saturated rings. The van der Waals surface area contributed by atoms with Crippen molar-refractivity contribution in [2.45, 2.75) is 49.4 Å². The lowest BCUT2D eigenvalue weighted by Crippen LogP contribution is -2.54. The number of carbonyl (C=O) groups excluding carboxylic acids is 1. The number of benzene rings is 2. The highest BCUT2D eigenvalue weighted by molar-refractivity contribution is 6.07. The predicted molar refractivity (Wildman–Crippen MR) is 119 cm³/mol. The molecule has 3 unspecified atom stereocenters. The highest BCUT2D eigenvalue weighted by Gasteiger charge is 2.60. The molecular formula is C25H23F3N4O2. The normalized spacial score (nSPS) is 28.4. The minimum Gasteiger partial charge on any atom is -0.487 e. The predicted octanol–water partition coefficient (Wildman–Crippen LogP) is 4.48. The quantitative estimate of drug-likeness (QED) is 0.668. The Kier molecular flexibility index (Phi) is 4.90. The number of guanidine groups is 1. The van der Waals surface area contributed by atoms with Crippen LogP contribution in [-0.2, 0) is 10.3 Å². The van der Waals surface area contributed by atoms with Gasteiger partial charge in [0.15, 0.2) is 11.5 Å². The van der Waals surface area contributed by atoms with Crippen LogP contribution in [0.2, 0.25) is 0 Å². The van der Waals surface area contributed by atoms with Gasteiger partial charge in [-0.05, 0) is 61.1 Å². The summed E-state index contributed by atoms with van der Waals surface area (Å²) in [5.74, 6) is -1.52. The SMILES string of the molecule is CN1C(=O)C2(CC3(CCCC(C(F)(F)F)C3)Oc3ccc(-c4cccc(C#N)c4)cc32)N=C1N. The molecule has 1 saturated carbocycles. The number of ether oxygens (including phenoxy) is 1. The number of nitriles is 1. The first-order chi connectivity index (χ1) is 16.1. The van der Waals surface area contributed by atoms with Gasteiger partial charge in [0, 0.05) is 19.0 Å². The monoisotopic (exact) mass is 468 g/mol. The number of amides is 1. The van der Waals surface area contributed by atoms with E-state index in [0.29, 0.717) is 29.7 Å². The maximum Gasteiger partial charge on any atom is 0.391 e. The fourth-order valence-electron chi connectivity index (χ4n) is 5.57. The number of hydrogen-bond acceptors (Lipinski definition) is 5. The number of nitrogens with two attached hydrogens (primary N) is 1. The number of rotatable bonds is 1. The molecule has 0 saturated heterocycles. The van der Waals surface area contributed by atoms with E-state index in [0.717, 1.165) is 11.1 Å². The molecule has 9 heteroatoms. The van der Waals surface area contributed by atoms with Crippen molar-refractivity contribution in [2.75, 3.05) is 7.05 Å². The second-order valence-corrected chi connectivity index (χ2v) is 9.39. The molecule has 2 aromatic rings. The molecule has 2 aliphatic heterocycles. The van der Waals surface area contributed by atoms with Gasteiger partial charge >= 0.3 is 6.18 Å². The largest absolute Gasteiger partial charge is 0.487 e. The Morgan fingerprint density at radius 1 is 1.24 bits per heavy atom. The van der Waals surface area contributed by atoms with Crippen LogP contribution in [0.1, 0.15) is 43.2 Å². The lowest BCUT2D eigenvalue weighted by atomic mass is 9.67. The summed E-state index contributed by atoms with van der Waals surface area (Å²) in [6, 6.07) is 14.4. The highest BCUT2D eigenvalue weighted by atomic mass is 19.4. The van der Waals surface area contributed by atoms with Crippen molar-refractivity contribution in [2.24, 2.45) is 16.6 Å². The van der Waals surface area contributed by atoms with Crippen LogP contribution < -0.4 is 10.5 Å². The standard InChI is InChI=1S/C25H23F3N4O2/c1-32-21(33)24(31-22(32)30)14-23(9-3-6-18(12-23)25(26,27)28)34-20-8-7-17(11-19(20)24)16-5-2-4-15(10-16)13-29/h2,4-5,7-8,10-11,18H,3,6,9,12,14H2,1H3,(H2,30,31). The zero-order valence-corrected chi connectivity index (χ0v) is 18.5. The molecule has 1 aliphatic carbocycles. The van der Waals surface area contributed by atoms with E-state index >= 15 is 0 Å². The Balaban J connectivity index is 1.65. The van der Waals surface area contributed by atoms with Gasteiger partial charge in [0.05, 0.1) is 17.6 Å². The minimum atomic E-state index is -4.33. The molecule has 2 N–H and O–H groups in total. The number of hydrogen-bond donors (Lipinski definition) is 1. The molecular weight excluding hydrogens is 445 g/mol. The second kappa shape index (κ2) is 7.49. The first kappa shape index (κ1) is 22.3. The van der Waals surface area contributed by atoms with E-state index in [4.69, 9.17) is 10.5 Å². The number of aliphatic imine (C=N–C) groups is 1. The molecule has 3 atom stereocenters. The molecule has 3 aliphatic rings. The van der Waals surface area contributed by atoms with Crippen molar-refractivity contribution in [3.8, 4) is 22.9 Å². The van der Waals surface area contributed by atoms with Gasteiger partial charge in [-0.2, -0.15) is 18.4 Å². The third-order valence-electron chi connectivity index (χ3n) is 7.23. The molecule has 2 spiro atoms. The van der Waals surface area contributed by atoms with Gasteiger partial charge in [-0.1, -0.05) is 18.2 Å². The van der Waals surface area contributed by atoms with Gasteiger partial charge in [0.1, 0.15) is 11.4 Å². The number of likely N-dealkylation sites (N-methyl/N-ethyl adjacent to an activating group) is 1. The van der Waals surface area contributed by atoms with Crippen molar-refractivity contribution in [1.82, 2.24) is 4.90 Å². The summed E-state index contributed by atoms with van der Waals surface area (Å²) in [6.45, 7) is 0. The van der Waals surface area contributed by atoms with Crippen LogP contribution in [0.25, 0.3) is 11.1 Å². The fraction of sp³-hybridized carbons (Fsp3) is 0.400. The molecule has 5 rings (SSSR count). The molecule has 1 amide bonds. The van der Waals surface area contributed by atoms with Crippen molar-refractivity contribution in [3.05, 3.63) is 53.6 Å². The van der Waals surface area contributed by atoms with Gasteiger partial charge in [-0.15, -0.1) is 0 Å². The number of halogens is 3. The van der Waals surface area contributed by atoms with Crippen LogP contribution in [0.3, 0.4) is 0 Å². The summed E-state index contributed by atoms with van der Waals surface area (Å²) in [7, 11) is 1.51. The van der Waals surface area contributed by atoms with Crippen LogP contribution in [0.15, 0.2) is 47.5 Å². The van der Waals surface area contributed by atoms with Gasteiger partial charge in [-0.25, -0.2) is 4.99 Å². The second-order valence-electron chi connectivity index (χ2n) is 9.39. The molecule has 176 valence electrons. The first-order valence-corrected chi connectivity index (χ1v) is 11.1. The Labute approximate surface area is 194 Å². The lowest BCUT2D eigenvalue weighted by molar-refractivity contribution is -0.201. The first-order valence-electron chi connectivity index (χ1n) is 11.1. The van der Waals surface area contributed by atoms with Crippen molar-refractivity contribution in [3.63, 3.8) is 0 Å². The molecule has 34 heavy (non-hydrogen) atoms. The summed E-state index contributed by atoms with van der Waals surface area (Å²) in [6.07, 6.45) is -3.78. The maximum atomic E-state index is 13.6. The Morgan fingerprint density at radius 2 is 2.00 bits per heavy atom. The Morgan fingerprint density at radius 3 is 2.68 bits per heavy atom.